The van der Waals surface area contributed by atoms with Gasteiger partial charge in [-0.2, -0.15) is 0 Å². The minimum atomic E-state index is -1.52. The second kappa shape index (κ2) is 14.1. The SMILES string of the molecule is C[C@H](CCC(=O)O)[C@H]1CC[C@H]2[C@@H]3[C@@H](C4O[C@H](CO)[C@@H](O)[C@H](O)[C@H]4O)C[C@@H]4C[C@@H](N)CC[C@]4(C)[C@H]3C[C@@H]([C@@H]3O[C@H](CO)[C@@H](O)[C@H](O)[C@H]3O)[C@]12C. The van der Waals surface area contributed by atoms with Crippen LogP contribution < -0.4 is 5.73 Å². The lowest BCUT2D eigenvalue weighted by Crippen LogP contribution is -2.69. The summed E-state index contributed by atoms with van der Waals surface area (Å²) in [5.74, 6) is -1.28. The van der Waals surface area contributed by atoms with Crippen LogP contribution in [-0.4, -0.2) is 132 Å². The number of ether oxygens (including phenoxy) is 2. The number of rotatable bonds is 8. The highest BCUT2D eigenvalue weighted by atomic mass is 16.6. The van der Waals surface area contributed by atoms with Crippen molar-refractivity contribution in [1.82, 2.24) is 0 Å². The van der Waals surface area contributed by atoms with Gasteiger partial charge in [-0.05, 0) is 110 Å². The van der Waals surface area contributed by atoms with Crippen molar-refractivity contribution < 1.29 is 60.2 Å². The molecule has 13 heteroatoms. The van der Waals surface area contributed by atoms with Crippen LogP contribution >= 0.6 is 0 Å². The predicted molar refractivity (Wildman–Crippen MR) is 175 cm³/mol. The molecule has 4 aliphatic carbocycles. The minimum absolute atomic E-state index is 0.000324. The first-order valence-corrected chi connectivity index (χ1v) is 18.7. The van der Waals surface area contributed by atoms with Crippen LogP contribution in [0.3, 0.4) is 0 Å². The van der Waals surface area contributed by atoms with Gasteiger partial charge in [0.15, 0.2) is 0 Å². The smallest absolute Gasteiger partial charge is 0.303 e. The van der Waals surface area contributed by atoms with Crippen LogP contribution in [0.4, 0.5) is 0 Å². The summed E-state index contributed by atoms with van der Waals surface area (Å²) in [5, 5.41) is 96.3. The third kappa shape index (κ3) is 6.10. The molecule has 0 aromatic heterocycles. The van der Waals surface area contributed by atoms with E-state index < -0.39 is 85.6 Å². The Morgan fingerprint density at radius 3 is 1.96 bits per heavy atom. The van der Waals surface area contributed by atoms with Crippen LogP contribution in [0.25, 0.3) is 0 Å². The van der Waals surface area contributed by atoms with Crippen molar-refractivity contribution in [2.45, 2.75) is 146 Å². The van der Waals surface area contributed by atoms with Gasteiger partial charge in [0.05, 0.1) is 25.4 Å². The number of carboxylic acids is 1. The second-order valence-electron chi connectivity index (χ2n) is 17.3. The molecule has 0 amide bonds. The summed E-state index contributed by atoms with van der Waals surface area (Å²) in [4.78, 5) is 11.7. The average molecular weight is 700 g/mol. The number of hydrogen-bond acceptors (Lipinski definition) is 12. The fourth-order valence-electron chi connectivity index (χ4n) is 12.7. The molecule has 0 aromatic rings. The Balaban J connectivity index is 1.47. The van der Waals surface area contributed by atoms with E-state index in [1.165, 1.54) is 0 Å². The number of aliphatic hydroxyl groups is 8. The molecule has 49 heavy (non-hydrogen) atoms. The van der Waals surface area contributed by atoms with E-state index in [1.807, 2.05) is 0 Å². The molecule has 2 heterocycles. The van der Waals surface area contributed by atoms with Crippen molar-refractivity contribution >= 4 is 5.97 Å². The molecular weight excluding hydrogens is 638 g/mol. The molecule has 0 spiro atoms. The lowest BCUT2D eigenvalue weighted by Gasteiger charge is -2.67. The largest absolute Gasteiger partial charge is 0.481 e. The molecule has 21 atom stereocenters. The number of nitrogens with two attached hydrogens (primary N) is 1. The molecule has 6 aliphatic rings. The topological polar surface area (TPSA) is 244 Å². The number of fused-ring (bicyclic) bond motifs is 5. The van der Waals surface area contributed by atoms with Crippen molar-refractivity contribution in [2.24, 2.45) is 63.9 Å². The lowest BCUT2D eigenvalue weighted by atomic mass is 9.39. The van der Waals surface area contributed by atoms with Gasteiger partial charge in [0.1, 0.15) is 48.8 Å². The van der Waals surface area contributed by atoms with Gasteiger partial charge in [-0.1, -0.05) is 20.8 Å². The van der Waals surface area contributed by atoms with Crippen LogP contribution in [-0.2, 0) is 14.3 Å². The fraction of sp³-hybridized carbons (Fsp3) is 0.972. The molecule has 6 rings (SSSR count). The first-order chi connectivity index (χ1) is 23.1. The van der Waals surface area contributed by atoms with E-state index >= 15 is 0 Å². The van der Waals surface area contributed by atoms with Crippen molar-refractivity contribution in [1.29, 1.82) is 0 Å². The van der Waals surface area contributed by atoms with Gasteiger partial charge in [-0.25, -0.2) is 0 Å². The molecule has 1 unspecified atom stereocenters. The van der Waals surface area contributed by atoms with Crippen molar-refractivity contribution in [3.63, 3.8) is 0 Å². The van der Waals surface area contributed by atoms with Crippen LogP contribution in [0.2, 0.25) is 0 Å². The second-order valence-corrected chi connectivity index (χ2v) is 17.3. The normalized spacial score (nSPS) is 55.2. The zero-order valence-corrected chi connectivity index (χ0v) is 29.1. The Morgan fingerprint density at radius 1 is 0.776 bits per heavy atom. The fourth-order valence-corrected chi connectivity index (χ4v) is 12.7. The van der Waals surface area contributed by atoms with E-state index in [4.69, 9.17) is 15.2 Å². The van der Waals surface area contributed by atoms with E-state index in [0.29, 0.717) is 19.3 Å². The molecule has 0 bridgehead atoms. The average Bonchev–Trinajstić information content (AvgIpc) is 3.43. The Bertz CT molecular complexity index is 1170. The summed E-state index contributed by atoms with van der Waals surface area (Å²) >= 11 is 0. The molecule has 4 saturated carbocycles. The number of carbonyl (C=O) groups is 1. The maximum atomic E-state index is 11.7. The van der Waals surface area contributed by atoms with Crippen molar-refractivity contribution in [2.75, 3.05) is 13.2 Å². The van der Waals surface area contributed by atoms with Gasteiger partial charge >= 0.3 is 5.97 Å². The monoisotopic (exact) mass is 699 g/mol. The van der Waals surface area contributed by atoms with Gasteiger partial charge in [0, 0.05) is 12.5 Å². The van der Waals surface area contributed by atoms with Crippen molar-refractivity contribution in [3.05, 3.63) is 0 Å². The molecule has 11 N–H and O–H groups in total. The van der Waals surface area contributed by atoms with E-state index in [1.54, 1.807) is 0 Å². The summed E-state index contributed by atoms with van der Waals surface area (Å²) in [7, 11) is 0. The molecule has 2 aliphatic heterocycles. The first kappa shape index (κ1) is 37.8. The van der Waals surface area contributed by atoms with Gasteiger partial charge < -0.3 is 61.2 Å². The van der Waals surface area contributed by atoms with E-state index in [2.05, 4.69) is 20.8 Å². The Kier molecular flexibility index (Phi) is 10.9. The highest BCUT2D eigenvalue weighted by Crippen LogP contribution is 2.72. The Morgan fingerprint density at radius 2 is 1.37 bits per heavy atom. The molecule has 0 radical (unpaired) electrons. The maximum absolute atomic E-state index is 11.7. The van der Waals surface area contributed by atoms with Crippen LogP contribution in [0.5, 0.6) is 0 Å². The Labute approximate surface area is 288 Å². The summed E-state index contributed by atoms with van der Waals surface area (Å²) in [6.45, 7) is 5.55. The lowest BCUT2D eigenvalue weighted by molar-refractivity contribution is -0.287. The van der Waals surface area contributed by atoms with E-state index in [9.17, 15) is 50.8 Å². The maximum Gasteiger partial charge on any atom is 0.303 e. The van der Waals surface area contributed by atoms with Gasteiger partial charge in [0.2, 0.25) is 0 Å². The molecule has 2 saturated heterocycles. The number of aliphatic hydroxyl groups excluding tert-OH is 8. The third-order valence-electron chi connectivity index (χ3n) is 15.3. The van der Waals surface area contributed by atoms with Gasteiger partial charge in [-0.15, -0.1) is 0 Å². The molecular formula is C36H61NO12. The summed E-state index contributed by atoms with van der Waals surface area (Å²) in [5.41, 5.74) is 5.85. The summed E-state index contributed by atoms with van der Waals surface area (Å²) in [6.07, 6.45) is -6.80. The zero-order chi connectivity index (χ0) is 35.7. The van der Waals surface area contributed by atoms with Crippen LogP contribution in [0, 0.1) is 58.2 Å². The highest BCUT2D eigenvalue weighted by Gasteiger charge is 2.69. The van der Waals surface area contributed by atoms with Crippen LogP contribution in [0.15, 0.2) is 0 Å². The number of hydrogen-bond donors (Lipinski definition) is 10. The van der Waals surface area contributed by atoms with Crippen LogP contribution in [0.1, 0.15) is 78.6 Å². The minimum Gasteiger partial charge on any atom is -0.481 e. The highest BCUT2D eigenvalue weighted by molar-refractivity contribution is 5.66. The van der Waals surface area contributed by atoms with E-state index in [0.717, 1.165) is 32.1 Å². The summed E-state index contributed by atoms with van der Waals surface area (Å²) in [6, 6.07) is 0.00567. The number of carboxylic acid groups (broad SMARTS) is 1. The standard InChI is InChI=1S/C36H61NO12/c1-15(4-7-25(40)41)19-5-6-20-26-18(33-31(46)29(44)27(42)23(13-38)48-33)11-16-10-17(37)8-9-35(16,2)21(26)12-22(36(19,20)3)34-32(47)30(45)28(43)24(14-39)49-34/h15-24,26-34,38-39,42-47H,4-14,37H2,1-3H3,(H,40,41)/t15-,16+,17+,18+,19-,20+,21+,22+,23-,24-,26+,27-,28-,29+,30+,31-,32-,33?,34+,35+,36-/m1/s1. The first-order valence-electron chi connectivity index (χ1n) is 18.7. The van der Waals surface area contributed by atoms with E-state index in [-0.39, 0.29) is 65.2 Å². The molecule has 6 fully saturated rings. The molecule has 13 nitrogen and oxygen atoms in total. The van der Waals surface area contributed by atoms with Crippen molar-refractivity contribution in [3.8, 4) is 0 Å². The Hall–Kier alpha value is -0.970. The summed E-state index contributed by atoms with van der Waals surface area (Å²) < 4.78 is 12.7. The van der Waals surface area contributed by atoms with Gasteiger partial charge in [0.25, 0.3) is 0 Å². The molecule has 282 valence electrons. The predicted octanol–water partition coefficient (Wildman–Crippen LogP) is -0.389. The van der Waals surface area contributed by atoms with Gasteiger partial charge in [-0.3, -0.25) is 4.79 Å². The quantitative estimate of drug-likeness (QED) is 0.155. The third-order valence-corrected chi connectivity index (χ3v) is 15.3. The molecule has 0 aromatic carbocycles. The number of aliphatic carboxylic acids is 1. The zero-order valence-electron chi connectivity index (χ0n) is 29.1.